The van der Waals surface area contributed by atoms with Crippen molar-refractivity contribution in [3.05, 3.63) is 59.7 Å². The number of benzene rings is 2. The maximum absolute atomic E-state index is 13.8. The number of aromatic hydroxyl groups is 1. The van der Waals surface area contributed by atoms with Crippen molar-refractivity contribution < 1.29 is 48.6 Å². The highest BCUT2D eigenvalue weighted by atomic mass is 32.3. The molecule has 0 amide bonds. The molecule has 0 saturated heterocycles. The first-order valence-corrected chi connectivity index (χ1v) is 8.25. The smallest absolute Gasteiger partial charge is 0.446 e. The van der Waals surface area contributed by atoms with Crippen molar-refractivity contribution in [1.29, 1.82) is 0 Å². The largest absolute Gasteiger partial charge is 0.508 e. The molecule has 0 radical (unpaired) electrons. The quantitative estimate of drug-likeness (QED) is 0.582. The lowest BCUT2D eigenvalue weighted by Gasteiger charge is -2.38. The van der Waals surface area contributed by atoms with E-state index in [0.717, 1.165) is 0 Å². The number of halogens is 6. The van der Waals surface area contributed by atoms with E-state index in [1.54, 1.807) is 0 Å². The van der Waals surface area contributed by atoms with Gasteiger partial charge in [-0.1, -0.05) is 24.3 Å². The van der Waals surface area contributed by atoms with Crippen molar-refractivity contribution in [3.63, 3.8) is 0 Å². The van der Waals surface area contributed by atoms with Crippen LogP contribution < -0.4 is 4.18 Å². The van der Waals surface area contributed by atoms with Crippen molar-refractivity contribution in [1.82, 2.24) is 0 Å². The van der Waals surface area contributed by atoms with Crippen molar-refractivity contribution in [2.24, 2.45) is 0 Å². The van der Waals surface area contributed by atoms with Crippen LogP contribution in [0.4, 0.5) is 26.3 Å². The lowest BCUT2D eigenvalue weighted by Crippen LogP contribution is -2.54. The van der Waals surface area contributed by atoms with Gasteiger partial charge in [-0.05, 0) is 35.4 Å². The summed E-state index contributed by atoms with van der Waals surface area (Å²) >= 11 is 0. The minimum absolute atomic E-state index is 0.383. The Morgan fingerprint density at radius 1 is 0.741 bits per heavy atom. The summed E-state index contributed by atoms with van der Waals surface area (Å²) in [5.74, 6) is -1.22. The van der Waals surface area contributed by atoms with Crippen LogP contribution in [0.3, 0.4) is 0 Å². The van der Waals surface area contributed by atoms with Crippen LogP contribution in [0.2, 0.25) is 0 Å². The molecule has 2 rings (SSSR count). The summed E-state index contributed by atoms with van der Waals surface area (Å²) in [4.78, 5) is 0. The van der Waals surface area contributed by atoms with Crippen LogP contribution in [0.1, 0.15) is 11.1 Å². The fraction of sp³-hybridized carbons (Fsp3) is 0.200. The number of hydrogen-bond donors (Lipinski definition) is 2. The van der Waals surface area contributed by atoms with Crippen LogP contribution in [-0.4, -0.2) is 30.4 Å². The SMILES string of the molecule is O=S(=O)(O)Oc1ccc(C(c2ccc(O)cc2)(C(F)(F)F)C(F)(F)F)cc1. The lowest BCUT2D eigenvalue weighted by molar-refractivity contribution is -0.288. The van der Waals surface area contributed by atoms with Gasteiger partial charge in [0.2, 0.25) is 5.41 Å². The second-order valence-electron chi connectivity index (χ2n) is 5.33. The van der Waals surface area contributed by atoms with Crippen LogP contribution in [0.15, 0.2) is 48.5 Å². The molecule has 2 aromatic rings. The van der Waals surface area contributed by atoms with Crippen molar-refractivity contribution in [2.45, 2.75) is 17.8 Å². The number of alkyl halides is 6. The van der Waals surface area contributed by atoms with Crippen molar-refractivity contribution in [2.75, 3.05) is 0 Å². The Morgan fingerprint density at radius 2 is 1.11 bits per heavy atom. The molecule has 2 aromatic carbocycles. The molecule has 0 spiro atoms. The van der Waals surface area contributed by atoms with Crippen LogP contribution >= 0.6 is 0 Å². The molecule has 148 valence electrons. The molecule has 0 unspecified atom stereocenters. The van der Waals surface area contributed by atoms with Crippen LogP contribution in [0, 0.1) is 0 Å². The summed E-state index contributed by atoms with van der Waals surface area (Å²) in [5.41, 5.74) is -6.93. The molecule has 0 saturated carbocycles. The van der Waals surface area contributed by atoms with Gasteiger partial charge < -0.3 is 9.29 Å². The zero-order chi connectivity index (χ0) is 20.7. The Hall–Kier alpha value is -2.47. The van der Waals surface area contributed by atoms with Gasteiger partial charge in [0.05, 0.1) is 0 Å². The minimum atomic E-state index is -5.84. The fourth-order valence-corrected chi connectivity index (χ4v) is 2.93. The van der Waals surface area contributed by atoms with Gasteiger partial charge in [-0.15, -0.1) is 0 Å². The van der Waals surface area contributed by atoms with Gasteiger partial charge in [-0.3, -0.25) is 4.55 Å². The normalized spacial score (nSPS) is 13.4. The van der Waals surface area contributed by atoms with E-state index in [4.69, 9.17) is 4.55 Å². The summed E-state index contributed by atoms with van der Waals surface area (Å²) in [5, 5.41) is 9.18. The molecule has 27 heavy (non-hydrogen) atoms. The highest BCUT2D eigenvalue weighted by Crippen LogP contribution is 2.56. The molecule has 0 heterocycles. The van der Waals surface area contributed by atoms with Gasteiger partial charge >= 0.3 is 22.8 Å². The molecule has 2 N–H and O–H groups in total. The Balaban J connectivity index is 2.75. The van der Waals surface area contributed by atoms with Crippen molar-refractivity contribution >= 4 is 10.4 Å². The van der Waals surface area contributed by atoms with E-state index in [9.17, 15) is 39.9 Å². The average molecular weight is 416 g/mol. The molecule has 5 nitrogen and oxygen atoms in total. The molecule has 0 aliphatic heterocycles. The second kappa shape index (κ2) is 6.60. The van der Waals surface area contributed by atoms with E-state index in [2.05, 4.69) is 4.18 Å². The summed E-state index contributed by atoms with van der Waals surface area (Å²) in [6.45, 7) is 0. The van der Waals surface area contributed by atoms with Crippen LogP contribution in [0.5, 0.6) is 11.5 Å². The Bertz CT molecular complexity index is 888. The first kappa shape index (κ1) is 20.8. The minimum Gasteiger partial charge on any atom is -0.508 e. The van der Waals surface area contributed by atoms with Gasteiger partial charge in [0.15, 0.2) is 0 Å². The molecule has 0 aromatic heterocycles. The number of phenolic OH excluding ortho intramolecular Hbond substituents is 1. The average Bonchev–Trinajstić information content (AvgIpc) is 2.47. The van der Waals surface area contributed by atoms with E-state index in [1.807, 2.05) is 0 Å². The highest BCUT2D eigenvalue weighted by Gasteiger charge is 2.72. The molecular formula is C15H10F6O5S. The first-order valence-electron chi connectivity index (χ1n) is 6.89. The zero-order valence-corrected chi connectivity index (χ0v) is 13.7. The monoisotopic (exact) mass is 416 g/mol. The summed E-state index contributed by atoms with van der Waals surface area (Å²) in [6, 6.07) is 4.17. The number of rotatable bonds is 4. The third kappa shape index (κ3) is 3.95. The molecular weight excluding hydrogens is 406 g/mol. The van der Waals surface area contributed by atoms with Crippen LogP contribution in [0.25, 0.3) is 0 Å². The third-order valence-corrected chi connectivity index (χ3v) is 4.04. The van der Waals surface area contributed by atoms with E-state index >= 15 is 0 Å². The molecule has 0 atom stereocenters. The van der Waals surface area contributed by atoms with Gasteiger partial charge in [0.1, 0.15) is 11.5 Å². The predicted octanol–water partition coefficient (Wildman–Crippen LogP) is 3.98. The Kier molecular flexibility index (Phi) is 5.10. The zero-order valence-electron chi connectivity index (χ0n) is 12.9. The maximum Gasteiger partial charge on any atom is 0.446 e. The molecule has 0 fully saturated rings. The Morgan fingerprint density at radius 3 is 1.44 bits per heavy atom. The first-order chi connectivity index (χ1) is 12.2. The fourth-order valence-electron chi connectivity index (χ4n) is 2.58. The molecule has 0 aliphatic rings. The maximum atomic E-state index is 13.8. The van der Waals surface area contributed by atoms with E-state index in [-0.39, 0.29) is 0 Å². The standard InChI is InChI=1S/C15H10F6O5S/c16-14(17,18)13(15(19,20)21,9-1-5-11(22)6-2-9)10-3-7-12(8-4-10)26-27(23,24)25/h1-8,22H,(H,23,24,25). The number of hydrogen-bond acceptors (Lipinski definition) is 4. The van der Waals surface area contributed by atoms with E-state index in [1.165, 1.54) is 0 Å². The van der Waals surface area contributed by atoms with Gasteiger partial charge in [0, 0.05) is 0 Å². The molecule has 12 heteroatoms. The lowest BCUT2D eigenvalue weighted by atomic mass is 9.73. The number of phenols is 1. The van der Waals surface area contributed by atoms with Crippen LogP contribution in [-0.2, 0) is 15.8 Å². The molecule has 0 aliphatic carbocycles. The summed E-state index contributed by atoms with van der Waals surface area (Å²) in [6.07, 6.45) is -11.7. The van der Waals surface area contributed by atoms with Crippen molar-refractivity contribution in [3.8, 4) is 11.5 Å². The third-order valence-electron chi connectivity index (χ3n) is 3.64. The summed E-state index contributed by atoms with van der Waals surface area (Å²) in [7, 11) is -5.01. The van der Waals surface area contributed by atoms with E-state index in [0.29, 0.717) is 48.5 Å². The topological polar surface area (TPSA) is 83.8 Å². The summed E-state index contributed by atoms with van der Waals surface area (Å²) < 4.78 is 116. The van der Waals surface area contributed by atoms with Gasteiger partial charge in [-0.2, -0.15) is 34.8 Å². The van der Waals surface area contributed by atoms with Gasteiger partial charge in [0.25, 0.3) is 0 Å². The highest BCUT2D eigenvalue weighted by molar-refractivity contribution is 7.81. The Labute approximate surface area is 148 Å². The second-order valence-corrected chi connectivity index (χ2v) is 6.35. The van der Waals surface area contributed by atoms with E-state index < -0.39 is 50.8 Å². The predicted molar refractivity (Wildman–Crippen MR) is 79.6 cm³/mol. The van der Waals surface area contributed by atoms with Gasteiger partial charge in [-0.25, -0.2) is 0 Å². The molecule has 0 bridgehead atoms.